The van der Waals surface area contributed by atoms with Crippen molar-refractivity contribution in [2.45, 2.75) is 25.0 Å². The molecule has 1 aliphatic carbocycles. The van der Waals surface area contributed by atoms with Crippen molar-refractivity contribution in [3.63, 3.8) is 0 Å². The molecular weight excluding hydrogens is 194 g/mol. The molecule has 4 heteroatoms. The van der Waals surface area contributed by atoms with Gasteiger partial charge in [-0.25, -0.2) is 0 Å². The topological polar surface area (TPSA) is 86.7 Å². The maximum absolute atomic E-state index is 9.81. The third-order valence-corrected chi connectivity index (χ3v) is 2.85. The van der Waals surface area contributed by atoms with Crippen LogP contribution in [0.4, 0.5) is 0 Å². The van der Waals surface area contributed by atoms with Gasteiger partial charge in [-0.1, -0.05) is 0 Å². The highest BCUT2D eigenvalue weighted by atomic mass is 16.3. The molecule has 0 amide bonds. The summed E-state index contributed by atoms with van der Waals surface area (Å²) in [6, 6.07) is 3.64. The minimum atomic E-state index is -0.611. The molecule has 2 rings (SSSR count). The van der Waals surface area contributed by atoms with Gasteiger partial charge >= 0.3 is 0 Å². The van der Waals surface area contributed by atoms with Gasteiger partial charge in [0.25, 0.3) is 0 Å². The van der Waals surface area contributed by atoms with E-state index in [-0.39, 0.29) is 17.4 Å². The molecule has 0 spiro atoms. The molecule has 0 radical (unpaired) electrons. The Morgan fingerprint density at radius 2 is 1.93 bits per heavy atom. The molecule has 1 aromatic carbocycles. The molecule has 0 aromatic heterocycles. The molecule has 4 nitrogen and oxygen atoms in total. The van der Waals surface area contributed by atoms with Gasteiger partial charge in [0, 0.05) is 11.6 Å². The summed E-state index contributed by atoms with van der Waals surface area (Å²) in [4.78, 5) is 0. The van der Waals surface area contributed by atoms with Crippen molar-refractivity contribution in [2.24, 2.45) is 11.7 Å². The minimum absolute atomic E-state index is 0.00985. The van der Waals surface area contributed by atoms with Crippen molar-refractivity contribution in [3.8, 4) is 11.5 Å². The Bertz CT molecular complexity index is 363. The Kier molecular flexibility index (Phi) is 2.54. The molecule has 82 valence electrons. The van der Waals surface area contributed by atoms with E-state index < -0.39 is 12.1 Å². The van der Waals surface area contributed by atoms with Crippen LogP contribution in [-0.2, 0) is 0 Å². The van der Waals surface area contributed by atoms with Gasteiger partial charge in [0.1, 0.15) is 11.5 Å². The number of rotatable bonds is 3. The van der Waals surface area contributed by atoms with E-state index in [1.54, 1.807) is 6.07 Å². The van der Waals surface area contributed by atoms with Crippen molar-refractivity contribution in [1.29, 1.82) is 0 Å². The van der Waals surface area contributed by atoms with Crippen LogP contribution in [-0.4, -0.2) is 21.4 Å². The van der Waals surface area contributed by atoms with Crippen LogP contribution in [0.3, 0.4) is 0 Å². The molecule has 0 heterocycles. The third-order valence-electron chi connectivity index (χ3n) is 2.85. The molecule has 0 unspecified atom stereocenters. The normalized spacial score (nSPS) is 19.9. The van der Waals surface area contributed by atoms with Gasteiger partial charge in [0.15, 0.2) is 0 Å². The summed E-state index contributed by atoms with van der Waals surface area (Å²) >= 11 is 0. The van der Waals surface area contributed by atoms with Crippen LogP contribution in [0.2, 0.25) is 0 Å². The van der Waals surface area contributed by atoms with Gasteiger partial charge in [0.2, 0.25) is 0 Å². The molecule has 0 bridgehead atoms. The first kappa shape index (κ1) is 10.3. The lowest BCUT2D eigenvalue weighted by atomic mass is 9.98. The zero-order valence-corrected chi connectivity index (χ0v) is 8.30. The fraction of sp³-hybridized carbons (Fsp3) is 0.455. The highest BCUT2D eigenvalue weighted by molar-refractivity contribution is 5.41. The van der Waals surface area contributed by atoms with E-state index in [9.17, 15) is 10.2 Å². The van der Waals surface area contributed by atoms with Gasteiger partial charge < -0.3 is 21.1 Å². The molecule has 1 fully saturated rings. The smallest absolute Gasteiger partial charge is 0.124 e. The number of aliphatic hydroxyl groups is 1. The van der Waals surface area contributed by atoms with E-state index in [2.05, 4.69) is 0 Å². The molecule has 0 saturated heterocycles. The zero-order chi connectivity index (χ0) is 11.0. The Balaban J connectivity index is 2.20. The average molecular weight is 209 g/mol. The number of benzene rings is 1. The predicted molar refractivity (Wildman–Crippen MR) is 55.4 cm³/mol. The lowest BCUT2D eigenvalue weighted by Crippen LogP contribution is -2.27. The second-order valence-electron chi connectivity index (χ2n) is 4.10. The lowest BCUT2D eigenvalue weighted by Gasteiger charge is -2.19. The summed E-state index contributed by atoms with van der Waals surface area (Å²) in [5.74, 6) is 0.180. The quantitative estimate of drug-likeness (QED) is 0.595. The number of aromatic hydroxyl groups is 2. The first-order chi connectivity index (χ1) is 7.09. The summed E-state index contributed by atoms with van der Waals surface area (Å²) in [5.41, 5.74) is 6.32. The first-order valence-electron chi connectivity index (χ1n) is 5.05. The van der Waals surface area contributed by atoms with Gasteiger partial charge in [-0.2, -0.15) is 0 Å². The predicted octanol–water partition coefficient (Wildman–Crippen LogP) is 0.868. The molecule has 15 heavy (non-hydrogen) atoms. The number of hydrogen-bond donors (Lipinski definition) is 4. The summed E-state index contributed by atoms with van der Waals surface area (Å²) in [6.07, 6.45) is 1.38. The second kappa shape index (κ2) is 3.72. The number of phenols is 2. The summed E-state index contributed by atoms with van der Waals surface area (Å²) in [5, 5.41) is 28.5. The Hall–Kier alpha value is -1.26. The van der Waals surface area contributed by atoms with Crippen LogP contribution >= 0.6 is 0 Å². The number of aliphatic hydroxyl groups excluding tert-OH is 1. The van der Waals surface area contributed by atoms with E-state index in [1.165, 1.54) is 12.1 Å². The van der Waals surface area contributed by atoms with Crippen LogP contribution in [0, 0.1) is 5.92 Å². The van der Waals surface area contributed by atoms with E-state index in [1.807, 2.05) is 0 Å². The standard InChI is InChI=1S/C11H15NO3/c12-10(11(15)6-1-2-6)8-4-3-7(13)5-9(8)14/h3-6,10-11,13-15H,1-2,12H2/t10-,11+/m0/s1. The zero-order valence-electron chi connectivity index (χ0n) is 8.30. The Morgan fingerprint density at radius 3 is 2.47 bits per heavy atom. The molecule has 5 N–H and O–H groups in total. The average Bonchev–Trinajstić information content (AvgIpc) is 2.99. The van der Waals surface area contributed by atoms with Gasteiger partial charge in [0.05, 0.1) is 12.1 Å². The van der Waals surface area contributed by atoms with Gasteiger partial charge in [-0.3, -0.25) is 0 Å². The summed E-state index contributed by atoms with van der Waals surface area (Å²) in [6.45, 7) is 0. The van der Waals surface area contributed by atoms with Crippen molar-refractivity contribution in [1.82, 2.24) is 0 Å². The van der Waals surface area contributed by atoms with E-state index >= 15 is 0 Å². The van der Waals surface area contributed by atoms with Crippen molar-refractivity contribution in [2.75, 3.05) is 0 Å². The minimum Gasteiger partial charge on any atom is -0.508 e. The molecule has 1 aromatic rings. The molecule has 1 aliphatic rings. The Morgan fingerprint density at radius 1 is 1.27 bits per heavy atom. The SMILES string of the molecule is N[C@@H](c1ccc(O)cc1O)[C@H](O)C1CC1. The number of hydrogen-bond acceptors (Lipinski definition) is 4. The van der Waals surface area contributed by atoms with Crippen LogP contribution in [0.5, 0.6) is 11.5 Å². The van der Waals surface area contributed by atoms with Gasteiger partial charge in [-0.15, -0.1) is 0 Å². The van der Waals surface area contributed by atoms with Crippen LogP contribution < -0.4 is 5.73 Å². The van der Waals surface area contributed by atoms with E-state index in [0.717, 1.165) is 12.8 Å². The van der Waals surface area contributed by atoms with Crippen molar-refractivity contribution >= 4 is 0 Å². The second-order valence-corrected chi connectivity index (χ2v) is 4.10. The highest BCUT2D eigenvalue weighted by Gasteiger charge is 2.35. The van der Waals surface area contributed by atoms with Crippen LogP contribution in [0.25, 0.3) is 0 Å². The Labute approximate surface area is 88.0 Å². The fourth-order valence-electron chi connectivity index (χ4n) is 1.73. The molecule has 2 atom stereocenters. The fourth-order valence-corrected chi connectivity index (χ4v) is 1.73. The van der Waals surface area contributed by atoms with Crippen LogP contribution in [0.15, 0.2) is 18.2 Å². The summed E-state index contributed by atoms with van der Waals surface area (Å²) in [7, 11) is 0. The first-order valence-corrected chi connectivity index (χ1v) is 5.05. The molecular formula is C11H15NO3. The monoisotopic (exact) mass is 209 g/mol. The van der Waals surface area contributed by atoms with E-state index in [4.69, 9.17) is 10.8 Å². The number of phenolic OH excluding ortho intramolecular Hbond substituents is 2. The highest BCUT2D eigenvalue weighted by Crippen LogP contribution is 2.39. The molecule has 0 aliphatic heterocycles. The van der Waals surface area contributed by atoms with E-state index in [0.29, 0.717) is 5.56 Å². The lowest BCUT2D eigenvalue weighted by molar-refractivity contribution is 0.121. The maximum atomic E-state index is 9.81. The summed E-state index contributed by atoms with van der Waals surface area (Å²) < 4.78 is 0. The molecule has 1 saturated carbocycles. The number of nitrogens with two attached hydrogens (primary N) is 1. The third kappa shape index (κ3) is 2.06. The maximum Gasteiger partial charge on any atom is 0.124 e. The van der Waals surface area contributed by atoms with Crippen molar-refractivity contribution < 1.29 is 15.3 Å². The van der Waals surface area contributed by atoms with Gasteiger partial charge in [-0.05, 0) is 30.9 Å². The van der Waals surface area contributed by atoms with Crippen LogP contribution in [0.1, 0.15) is 24.4 Å². The van der Waals surface area contributed by atoms with Crippen molar-refractivity contribution in [3.05, 3.63) is 23.8 Å². The largest absolute Gasteiger partial charge is 0.508 e.